The van der Waals surface area contributed by atoms with Crippen LogP contribution in [0.2, 0.25) is 0 Å². The number of phenols is 1. The number of hydrogen-bond donors (Lipinski definition) is 3. The predicted molar refractivity (Wildman–Crippen MR) is 101 cm³/mol. The van der Waals surface area contributed by atoms with E-state index < -0.39 is 5.91 Å². The second kappa shape index (κ2) is 7.79. The molecule has 1 aromatic heterocycles. The van der Waals surface area contributed by atoms with Crippen molar-refractivity contribution in [1.82, 2.24) is 10.3 Å². The topological polar surface area (TPSA) is 91.3 Å². The van der Waals surface area contributed by atoms with Crippen molar-refractivity contribution < 1.29 is 14.7 Å². The lowest BCUT2D eigenvalue weighted by atomic mass is 10.1. The molecule has 6 nitrogen and oxygen atoms in total. The van der Waals surface area contributed by atoms with Crippen LogP contribution in [-0.4, -0.2) is 21.9 Å². The number of nitrogens with one attached hydrogen (secondary N) is 2. The second-order valence-corrected chi connectivity index (χ2v) is 6.47. The average molecular weight is 367 g/mol. The summed E-state index contributed by atoms with van der Waals surface area (Å²) in [4.78, 5) is 27.6. The summed E-state index contributed by atoms with van der Waals surface area (Å²) in [5.41, 5.74) is 2.85. The summed E-state index contributed by atoms with van der Waals surface area (Å²) in [6, 6.07) is 14.0. The number of aromatic nitrogens is 1. The minimum atomic E-state index is -0.408. The van der Waals surface area contributed by atoms with Gasteiger partial charge in [-0.05, 0) is 17.7 Å². The Bertz CT molecular complexity index is 935. The highest BCUT2D eigenvalue weighted by atomic mass is 32.1. The number of aromatic hydroxyl groups is 1. The molecule has 0 unspecified atom stereocenters. The first kappa shape index (κ1) is 17.6. The van der Waals surface area contributed by atoms with Crippen LogP contribution in [0.3, 0.4) is 0 Å². The number of amides is 2. The Morgan fingerprint density at radius 1 is 1.12 bits per heavy atom. The first-order valence-corrected chi connectivity index (χ1v) is 8.79. The summed E-state index contributed by atoms with van der Waals surface area (Å²) in [6.07, 6.45) is 0. The van der Waals surface area contributed by atoms with Crippen LogP contribution in [0.5, 0.6) is 5.75 Å². The number of carbonyl (C=O) groups excluding carboxylic acids is 2. The van der Waals surface area contributed by atoms with Crippen molar-refractivity contribution in [1.29, 1.82) is 0 Å². The van der Waals surface area contributed by atoms with E-state index in [-0.39, 0.29) is 17.2 Å². The van der Waals surface area contributed by atoms with Gasteiger partial charge in [-0.1, -0.05) is 36.4 Å². The third kappa shape index (κ3) is 4.25. The van der Waals surface area contributed by atoms with Crippen molar-refractivity contribution in [3.05, 3.63) is 65.0 Å². The first-order chi connectivity index (χ1) is 12.5. The van der Waals surface area contributed by atoms with Crippen molar-refractivity contribution in [3.63, 3.8) is 0 Å². The number of carbonyl (C=O) groups is 2. The molecule has 2 aromatic carbocycles. The first-order valence-electron chi connectivity index (χ1n) is 7.91. The fraction of sp³-hybridized carbons (Fsp3) is 0.105. The molecule has 0 saturated heterocycles. The Kier molecular flexibility index (Phi) is 5.28. The molecule has 3 N–H and O–H groups in total. The molecule has 0 aliphatic rings. The Labute approximate surface area is 154 Å². The molecule has 0 aliphatic carbocycles. The maximum Gasteiger partial charge on any atom is 0.261 e. The third-order valence-electron chi connectivity index (χ3n) is 3.66. The lowest BCUT2D eigenvalue weighted by molar-refractivity contribution is -0.119. The van der Waals surface area contributed by atoms with E-state index in [4.69, 9.17) is 0 Å². The Hall–Kier alpha value is -3.19. The molecule has 0 fully saturated rings. The van der Waals surface area contributed by atoms with Crippen molar-refractivity contribution in [2.45, 2.75) is 13.5 Å². The van der Waals surface area contributed by atoms with E-state index in [0.29, 0.717) is 11.7 Å². The van der Waals surface area contributed by atoms with Gasteiger partial charge in [0.25, 0.3) is 5.91 Å². The van der Waals surface area contributed by atoms with Crippen LogP contribution < -0.4 is 10.6 Å². The van der Waals surface area contributed by atoms with Gasteiger partial charge in [-0.2, -0.15) is 0 Å². The molecule has 3 aromatic rings. The van der Waals surface area contributed by atoms with Gasteiger partial charge in [0, 0.05) is 24.4 Å². The summed E-state index contributed by atoms with van der Waals surface area (Å²) in [6.45, 7) is 1.96. The van der Waals surface area contributed by atoms with Gasteiger partial charge in [0.2, 0.25) is 5.91 Å². The Morgan fingerprint density at radius 3 is 2.54 bits per heavy atom. The van der Waals surface area contributed by atoms with Gasteiger partial charge in [0.05, 0.1) is 11.3 Å². The SMILES string of the molecule is CC(=O)NCc1ccc(-c2csc(NC(=O)c3ccccc3O)n2)cc1. The normalized spacial score (nSPS) is 10.3. The van der Waals surface area contributed by atoms with Crippen LogP contribution in [-0.2, 0) is 11.3 Å². The smallest absolute Gasteiger partial charge is 0.261 e. The van der Waals surface area contributed by atoms with Gasteiger partial charge in [0.15, 0.2) is 5.13 Å². The van der Waals surface area contributed by atoms with Gasteiger partial charge in [-0.3, -0.25) is 14.9 Å². The quantitative estimate of drug-likeness (QED) is 0.644. The molecular formula is C19H17N3O3S. The zero-order valence-electron chi connectivity index (χ0n) is 14.0. The molecule has 0 aliphatic heterocycles. The van der Waals surface area contributed by atoms with E-state index in [1.54, 1.807) is 18.2 Å². The van der Waals surface area contributed by atoms with Crippen LogP contribution in [0.15, 0.2) is 53.9 Å². The van der Waals surface area contributed by atoms with E-state index in [1.807, 2.05) is 29.6 Å². The molecule has 1 heterocycles. The fourth-order valence-corrected chi connectivity index (χ4v) is 3.03. The van der Waals surface area contributed by atoms with Gasteiger partial charge in [-0.25, -0.2) is 4.98 Å². The van der Waals surface area contributed by atoms with Crippen LogP contribution >= 0.6 is 11.3 Å². The number of phenolic OH excluding ortho intramolecular Hbond substituents is 1. The highest BCUT2D eigenvalue weighted by Crippen LogP contribution is 2.26. The molecule has 0 spiro atoms. The zero-order valence-corrected chi connectivity index (χ0v) is 14.8. The molecule has 0 radical (unpaired) electrons. The molecular weight excluding hydrogens is 350 g/mol. The van der Waals surface area contributed by atoms with E-state index in [2.05, 4.69) is 15.6 Å². The van der Waals surface area contributed by atoms with Gasteiger partial charge >= 0.3 is 0 Å². The maximum atomic E-state index is 12.2. The highest BCUT2D eigenvalue weighted by molar-refractivity contribution is 7.14. The molecule has 132 valence electrons. The van der Waals surface area contributed by atoms with E-state index in [9.17, 15) is 14.7 Å². The number of benzene rings is 2. The molecule has 0 atom stereocenters. The largest absolute Gasteiger partial charge is 0.507 e. The van der Waals surface area contributed by atoms with Crippen molar-refractivity contribution in [2.24, 2.45) is 0 Å². The number of rotatable bonds is 5. The van der Waals surface area contributed by atoms with E-state index in [1.165, 1.54) is 24.3 Å². The average Bonchev–Trinajstić information content (AvgIpc) is 3.09. The number of nitrogens with zero attached hydrogens (tertiary/aromatic N) is 1. The number of para-hydroxylation sites is 1. The van der Waals surface area contributed by atoms with Crippen LogP contribution in [0.1, 0.15) is 22.8 Å². The highest BCUT2D eigenvalue weighted by Gasteiger charge is 2.13. The molecule has 7 heteroatoms. The minimum Gasteiger partial charge on any atom is -0.507 e. The Balaban J connectivity index is 1.69. The van der Waals surface area contributed by atoms with Crippen molar-refractivity contribution in [3.8, 4) is 17.0 Å². The summed E-state index contributed by atoms with van der Waals surface area (Å²) in [5.74, 6) is -0.551. The number of anilines is 1. The molecule has 0 bridgehead atoms. The predicted octanol–water partition coefficient (Wildman–Crippen LogP) is 3.40. The maximum absolute atomic E-state index is 12.2. The van der Waals surface area contributed by atoms with E-state index in [0.717, 1.165) is 16.8 Å². The lowest BCUT2D eigenvalue weighted by Crippen LogP contribution is -2.18. The molecule has 0 saturated carbocycles. The fourth-order valence-electron chi connectivity index (χ4n) is 2.31. The summed E-state index contributed by atoms with van der Waals surface area (Å²) >= 11 is 1.31. The second-order valence-electron chi connectivity index (χ2n) is 5.62. The number of hydrogen-bond acceptors (Lipinski definition) is 5. The van der Waals surface area contributed by atoms with Crippen molar-refractivity contribution >= 4 is 28.3 Å². The van der Waals surface area contributed by atoms with Gasteiger partial charge in [-0.15, -0.1) is 11.3 Å². The minimum absolute atomic E-state index is 0.0709. The van der Waals surface area contributed by atoms with Crippen molar-refractivity contribution in [2.75, 3.05) is 5.32 Å². The monoisotopic (exact) mass is 367 g/mol. The summed E-state index contributed by atoms with van der Waals surface area (Å²) < 4.78 is 0. The lowest BCUT2D eigenvalue weighted by Gasteiger charge is -2.04. The number of thiazole rings is 1. The van der Waals surface area contributed by atoms with Crippen LogP contribution in [0.4, 0.5) is 5.13 Å². The molecule has 2 amide bonds. The van der Waals surface area contributed by atoms with Gasteiger partial charge in [0.1, 0.15) is 5.75 Å². The zero-order chi connectivity index (χ0) is 18.5. The van der Waals surface area contributed by atoms with Crippen LogP contribution in [0.25, 0.3) is 11.3 Å². The van der Waals surface area contributed by atoms with E-state index >= 15 is 0 Å². The third-order valence-corrected chi connectivity index (χ3v) is 4.42. The van der Waals surface area contributed by atoms with Crippen LogP contribution in [0, 0.1) is 0 Å². The molecule has 3 rings (SSSR count). The standard InChI is InChI=1S/C19H17N3O3S/c1-12(23)20-10-13-6-8-14(9-7-13)16-11-26-19(21-16)22-18(25)15-4-2-3-5-17(15)24/h2-9,11,24H,10H2,1H3,(H,20,23)(H,21,22,25). The molecule has 26 heavy (non-hydrogen) atoms. The Morgan fingerprint density at radius 2 is 1.85 bits per heavy atom. The summed E-state index contributed by atoms with van der Waals surface area (Å²) in [7, 11) is 0. The summed E-state index contributed by atoms with van der Waals surface area (Å²) in [5, 5.41) is 17.5. The van der Waals surface area contributed by atoms with Gasteiger partial charge < -0.3 is 10.4 Å².